The molecule has 20 heavy (non-hydrogen) atoms. The highest BCUT2D eigenvalue weighted by molar-refractivity contribution is 5.53. The first-order chi connectivity index (χ1) is 9.62. The third kappa shape index (κ3) is 4.90. The first-order valence-corrected chi connectivity index (χ1v) is 6.85. The van der Waals surface area contributed by atoms with Gasteiger partial charge in [0.2, 0.25) is 5.75 Å². The van der Waals surface area contributed by atoms with Gasteiger partial charge in [-0.2, -0.15) is 0 Å². The smallest absolute Gasteiger partial charge is 0.203 e. The quantitative estimate of drug-likeness (QED) is 0.747. The average molecular weight is 282 g/mol. The summed E-state index contributed by atoms with van der Waals surface area (Å²) < 4.78 is 16.6. The van der Waals surface area contributed by atoms with E-state index in [-0.39, 0.29) is 0 Å². The van der Waals surface area contributed by atoms with E-state index in [4.69, 9.17) is 14.2 Å². The molecule has 0 bridgehead atoms. The predicted octanol–water partition coefficient (Wildman–Crippen LogP) is 1.75. The van der Waals surface area contributed by atoms with Crippen LogP contribution in [0.3, 0.4) is 0 Å². The van der Waals surface area contributed by atoms with Gasteiger partial charge in [-0.05, 0) is 38.3 Å². The van der Waals surface area contributed by atoms with E-state index in [0.29, 0.717) is 23.9 Å². The molecule has 0 heterocycles. The fourth-order valence-electron chi connectivity index (χ4n) is 1.78. The second kappa shape index (κ2) is 8.66. The molecule has 5 nitrogen and oxygen atoms in total. The highest BCUT2D eigenvalue weighted by atomic mass is 16.5. The number of nitrogens with one attached hydrogen (secondary N) is 1. The number of benzene rings is 1. The summed E-state index contributed by atoms with van der Waals surface area (Å²) in [6, 6.07) is 3.96. The normalized spacial score (nSPS) is 10.7. The van der Waals surface area contributed by atoms with Crippen LogP contribution in [0.4, 0.5) is 0 Å². The van der Waals surface area contributed by atoms with Crippen molar-refractivity contribution in [2.24, 2.45) is 0 Å². The van der Waals surface area contributed by atoms with Crippen molar-refractivity contribution >= 4 is 0 Å². The number of hydrogen-bond acceptors (Lipinski definition) is 5. The fraction of sp³-hybridized carbons (Fsp3) is 0.600. The minimum absolute atomic E-state index is 0.590. The Balaban J connectivity index is 2.90. The molecular formula is C15H26N2O3. The van der Waals surface area contributed by atoms with Crippen molar-refractivity contribution in [3.05, 3.63) is 17.7 Å². The Morgan fingerprint density at radius 1 is 1.10 bits per heavy atom. The minimum Gasteiger partial charge on any atom is -0.493 e. The van der Waals surface area contributed by atoms with E-state index in [0.717, 1.165) is 25.2 Å². The standard InChI is InChI=1S/C15H26N2O3/c1-6-16-11-12-9-13(18-4)15(14(10-12)19-5)20-8-7-17(2)3/h9-10,16H,6-8,11H2,1-5H3. The molecule has 0 atom stereocenters. The van der Waals surface area contributed by atoms with Crippen LogP contribution in [0.5, 0.6) is 17.2 Å². The van der Waals surface area contributed by atoms with Crippen molar-refractivity contribution in [3.63, 3.8) is 0 Å². The lowest BCUT2D eigenvalue weighted by atomic mass is 10.1. The number of ether oxygens (including phenoxy) is 3. The van der Waals surface area contributed by atoms with Gasteiger partial charge in [-0.25, -0.2) is 0 Å². The molecule has 0 amide bonds. The zero-order valence-corrected chi connectivity index (χ0v) is 13.2. The molecule has 0 spiro atoms. The number of hydrogen-bond donors (Lipinski definition) is 1. The lowest BCUT2D eigenvalue weighted by molar-refractivity contribution is 0.239. The van der Waals surface area contributed by atoms with Crippen LogP contribution < -0.4 is 19.5 Å². The average Bonchev–Trinajstić information content (AvgIpc) is 2.44. The highest BCUT2D eigenvalue weighted by Crippen LogP contribution is 2.38. The molecule has 0 aliphatic rings. The van der Waals surface area contributed by atoms with Gasteiger partial charge < -0.3 is 24.4 Å². The van der Waals surface area contributed by atoms with Crippen molar-refractivity contribution < 1.29 is 14.2 Å². The summed E-state index contributed by atoms with van der Waals surface area (Å²) in [6.45, 7) is 5.21. The maximum absolute atomic E-state index is 5.81. The second-order valence-corrected chi connectivity index (χ2v) is 4.76. The summed E-state index contributed by atoms with van der Waals surface area (Å²) in [5.74, 6) is 2.07. The molecular weight excluding hydrogens is 256 g/mol. The molecule has 0 saturated carbocycles. The molecule has 0 aliphatic heterocycles. The number of rotatable bonds is 9. The third-order valence-electron chi connectivity index (χ3n) is 2.88. The van der Waals surface area contributed by atoms with Gasteiger partial charge in [0, 0.05) is 13.1 Å². The minimum atomic E-state index is 0.590. The SMILES string of the molecule is CCNCc1cc(OC)c(OCCN(C)C)c(OC)c1. The van der Waals surface area contributed by atoms with Gasteiger partial charge in [0.05, 0.1) is 14.2 Å². The second-order valence-electron chi connectivity index (χ2n) is 4.76. The Labute approximate surface area is 121 Å². The van der Waals surface area contributed by atoms with E-state index in [1.807, 2.05) is 26.2 Å². The Morgan fingerprint density at radius 3 is 2.15 bits per heavy atom. The van der Waals surface area contributed by atoms with Gasteiger partial charge in [-0.3, -0.25) is 0 Å². The van der Waals surface area contributed by atoms with Crippen molar-refractivity contribution in [2.75, 3.05) is 48.0 Å². The molecule has 0 saturated heterocycles. The number of nitrogens with zero attached hydrogens (tertiary/aromatic N) is 1. The van der Waals surface area contributed by atoms with E-state index >= 15 is 0 Å². The first-order valence-electron chi connectivity index (χ1n) is 6.85. The predicted molar refractivity (Wildman–Crippen MR) is 81.0 cm³/mol. The van der Waals surface area contributed by atoms with Crippen LogP contribution >= 0.6 is 0 Å². The molecule has 1 aromatic rings. The van der Waals surface area contributed by atoms with Crippen LogP contribution in [-0.2, 0) is 6.54 Å². The number of likely N-dealkylation sites (N-methyl/N-ethyl adjacent to an activating group) is 1. The summed E-state index contributed by atoms with van der Waals surface area (Å²) >= 11 is 0. The van der Waals surface area contributed by atoms with Crippen LogP contribution in [0.15, 0.2) is 12.1 Å². The number of methoxy groups -OCH3 is 2. The van der Waals surface area contributed by atoms with Crippen molar-refractivity contribution in [1.82, 2.24) is 10.2 Å². The molecule has 0 aliphatic carbocycles. The third-order valence-corrected chi connectivity index (χ3v) is 2.88. The molecule has 0 aromatic heterocycles. The zero-order chi connectivity index (χ0) is 15.0. The Hall–Kier alpha value is -1.46. The van der Waals surface area contributed by atoms with E-state index < -0.39 is 0 Å². The van der Waals surface area contributed by atoms with Gasteiger partial charge in [0.25, 0.3) is 0 Å². The highest BCUT2D eigenvalue weighted by Gasteiger charge is 2.14. The van der Waals surface area contributed by atoms with Gasteiger partial charge in [0.1, 0.15) is 6.61 Å². The Morgan fingerprint density at radius 2 is 1.70 bits per heavy atom. The molecule has 1 rings (SSSR count). The van der Waals surface area contributed by atoms with Crippen LogP contribution in [0.2, 0.25) is 0 Å². The molecule has 1 aromatic carbocycles. The van der Waals surface area contributed by atoms with Crippen LogP contribution in [0.25, 0.3) is 0 Å². The molecule has 1 N–H and O–H groups in total. The summed E-state index contributed by atoms with van der Waals surface area (Å²) in [5.41, 5.74) is 1.11. The monoisotopic (exact) mass is 282 g/mol. The molecule has 5 heteroatoms. The van der Waals surface area contributed by atoms with Gasteiger partial charge in [-0.1, -0.05) is 6.92 Å². The van der Waals surface area contributed by atoms with Crippen molar-refractivity contribution in [3.8, 4) is 17.2 Å². The lowest BCUT2D eigenvalue weighted by Gasteiger charge is -2.17. The maximum atomic E-state index is 5.81. The van der Waals surface area contributed by atoms with Crippen LogP contribution in [0, 0.1) is 0 Å². The summed E-state index contributed by atoms with van der Waals surface area (Å²) in [6.07, 6.45) is 0. The first kappa shape index (κ1) is 16.6. The van der Waals surface area contributed by atoms with E-state index in [9.17, 15) is 0 Å². The summed E-state index contributed by atoms with van der Waals surface area (Å²) in [7, 11) is 7.31. The van der Waals surface area contributed by atoms with Gasteiger partial charge >= 0.3 is 0 Å². The molecule has 0 fully saturated rings. The zero-order valence-electron chi connectivity index (χ0n) is 13.2. The van der Waals surface area contributed by atoms with Crippen molar-refractivity contribution in [1.29, 1.82) is 0 Å². The van der Waals surface area contributed by atoms with Gasteiger partial charge in [0.15, 0.2) is 11.5 Å². The van der Waals surface area contributed by atoms with E-state index in [1.165, 1.54) is 0 Å². The summed E-state index contributed by atoms with van der Waals surface area (Å²) in [4.78, 5) is 2.07. The van der Waals surface area contributed by atoms with E-state index in [1.54, 1.807) is 14.2 Å². The largest absolute Gasteiger partial charge is 0.493 e. The van der Waals surface area contributed by atoms with Gasteiger partial charge in [-0.15, -0.1) is 0 Å². The summed E-state index contributed by atoms with van der Waals surface area (Å²) in [5, 5.41) is 3.29. The maximum Gasteiger partial charge on any atom is 0.203 e. The molecule has 0 unspecified atom stereocenters. The van der Waals surface area contributed by atoms with E-state index in [2.05, 4.69) is 17.1 Å². The molecule has 0 radical (unpaired) electrons. The topological polar surface area (TPSA) is 43.0 Å². The Bertz CT molecular complexity index is 383. The van der Waals surface area contributed by atoms with Crippen molar-refractivity contribution in [2.45, 2.75) is 13.5 Å². The van der Waals surface area contributed by atoms with Crippen LogP contribution in [-0.4, -0.2) is 52.9 Å². The lowest BCUT2D eigenvalue weighted by Crippen LogP contribution is -2.20. The van der Waals surface area contributed by atoms with Crippen LogP contribution in [0.1, 0.15) is 12.5 Å². The molecule has 114 valence electrons. The Kier molecular flexibility index (Phi) is 7.18. The fourth-order valence-corrected chi connectivity index (χ4v) is 1.78.